The highest BCUT2D eigenvalue weighted by Gasteiger charge is 2.37. The minimum Gasteiger partial charge on any atom is -0.307 e. The highest BCUT2D eigenvalue weighted by Crippen LogP contribution is 2.34. The topological polar surface area (TPSA) is 50.7 Å². The zero-order valence-corrected chi connectivity index (χ0v) is 16.7. The van der Waals surface area contributed by atoms with E-state index < -0.39 is 0 Å². The lowest BCUT2D eigenvalue weighted by Crippen LogP contribution is -2.58. The number of pyridine rings is 1. The normalized spacial score (nSPS) is 19.3. The molecule has 0 aliphatic carbocycles. The smallest absolute Gasteiger partial charge is 0.0945 e. The molecule has 0 atom stereocenters. The molecule has 3 aromatic rings. The fourth-order valence-electron chi connectivity index (χ4n) is 4.81. The molecule has 0 spiro atoms. The summed E-state index contributed by atoms with van der Waals surface area (Å²) in [6, 6.07) is 14.5. The van der Waals surface area contributed by atoms with Crippen molar-refractivity contribution < 1.29 is 0 Å². The van der Waals surface area contributed by atoms with E-state index in [1.165, 1.54) is 0 Å². The molecule has 2 aromatic heterocycles. The number of nitrogens with one attached hydrogen (secondary N) is 1. The second-order valence-corrected chi connectivity index (χ2v) is 9.20. The van der Waals surface area contributed by atoms with E-state index in [1.807, 2.05) is 24.4 Å². The number of aromatic nitrogens is 3. The molecule has 1 saturated heterocycles. The van der Waals surface area contributed by atoms with Crippen molar-refractivity contribution in [2.45, 2.75) is 58.0 Å². The van der Waals surface area contributed by atoms with Gasteiger partial charge in [-0.15, -0.1) is 0 Å². The Morgan fingerprint density at radius 3 is 2.41 bits per heavy atom. The quantitative estimate of drug-likeness (QED) is 0.729. The second-order valence-electron chi connectivity index (χ2n) is 9.20. The third-order valence-electron chi connectivity index (χ3n) is 5.38. The number of benzene rings is 1. The zero-order chi connectivity index (χ0) is 19.1. The maximum Gasteiger partial charge on any atom is 0.0945 e. The summed E-state index contributed by atoms with van der Waals surface area (Å²) in [5.41, 5.74) is 4.29. The first-order chi connectivity index (χ1) is 12.8. The Hall–Kier alpha value is -2.33. The summed E-state index contributed by atoms with van der Waals surface area (Å²) < 4.78 is 0. The maximum absolute atomic E-state index is 4.53. The third kappa shape index (κ3) is 4.16. The third-order valence-corrected chi connectivity index (χ3v) is 5.38. The number of hydrogen-bond acceptors (Lipinski definition) is 4. The van der Waals surface area contributed by atoms with E-state index in [1.54, 1.807) is 0 Å². The lowest BCUT2D eigenvalue weighted by atomic mass is 9.74. The van der Waals surface area contributed by atoms with Crippen molar-refractivity contribution in [3.8, 4) is 11.3 Å². The Morgan fingerprint density at radius 1 is 0.963 bits per heavy atom. The summed E-state index contributed by atoms with van der Waals surface area (Å²) in [7, 11) is 0. The molecule has 1 N–H and O–H groups in total. The average Bonchev–Trinajstić information content (AvgIpc) is 2.59. The van der Waals surface area contributed by atoms with Crippen LogP contribution in [0.3, 0.4) is 0 Å². The number of fused-ring (bicyclic) bond motifs is 1. The van der Waals surface area contributed by atoms with Gasteiger partial charge in [-0.3, -0.25) is 4.98 Å². The Morgan fingerprint density at radius 2 is 1.70 bits per heavy atom. The first kappa shape index (κ1) is 18.1. The fraction of sp³-hybridized carbons (Fsp3) is 0.435. The molecule has 0 amide bonds. The molecule has 0 unspecified atom stereocenters. The summed E-state index contributed by atoms with van der Waals surface area (Å²) in [6.45, 7) is 9.18. The number of nitrogens with zero attached hydrogens (tertiary/aromatic N) is 3. The molecular weight excluding hydrogens is 332 g/mol. The van der Waals surface area contributed by atoms with Crippen LogP contribution in [0.25, 0.3) is 22.2 Å². The molecule has 0 saturated carbocycles. The van der Waals surface area contributed by atoms with E-state index in [0.29, 0.717) is 5.92 Å². The van der Waals surface area contributed by atoms with E-state index in [-0.39, 0.29) is 11.1 Å². The highest BCUT2D eigenvalue weighted by atomic mass is 15.1. The number of piperidine rings is 1. The first-order valence-electron chi connectivity index (χ1n) is 9.77. The predicted octanol–water partition coefficient (Wildman–Crippen LogP) is 4.79. The van der Waals surface area contributed by atoms with Crippen molar-refractivity contribution in [1.29, 1.82) is 0 Å². The van der Waals surface area contributed by atoms with Gasteiger partial charge in [0.15, 0.2) is 0 Å². The largest absolute Gasteiger partial charge is 0.307 e. The Bertz CT molecular complexity index is 928. The van der Waals surface area contributed by atoms with Crippen molar-refractivity contribution >= 4 is 10.9 Å². The maximum atomic E-state index is 4.53. The van der Waals surface area contributed by atoms with E-state index >= 15 is 0 Å². The Kier molecular flexibility index (Phi) is 4.47. The predicted molar refractivity (Wildman–Crippen MR) is 110 cm³/mol. The van der Waals surface area contributed by atoms with Crippen LogP contribution in [0, 0.1) is 5.92 Å². The standard InChI is InChI=1S/C23H28N4/c1-22(2)13-16(14-23(3,4)27-22)11-19-9-10-21(26-25-19)18-12-17-7-5-6-8-20(17)24-15-18/h5-10,12,15-16,27H,11,13-14H2,1-4H3. The van der Waals surface area contributed by atoms with Gasteiger partial charge in [0.05, 0.1) is 16.9 Å². The van der Waals surface area contributed by atoms with Gasteiger partial charge >= 0.3 is 0 Å². The van der Waals surface area contributed by atoms with Crippen molar-refractivity contribution in [2.75, 3.05) is 0 Å². The van der Waals surface area contributed by atoms with Gasteiger partial charge in [-0.1, -0.05) is 18.2 Å². The van der Waals surface area contributed by atoms with Crippen LogP contribution >= 0.6 is 0 Å². The molecule has 0 bridgehead atoms. The first-order valence-corrected chi connectivity index (χ1v) is 9.77. The molecule has 1 aliphatic rings. The lowest BCUT2D eigenvalue weighted by molar-refractivity contribution is 0.128. The van der Waals surface area contributed by atoms with Gasteiger partial charge in [0, 0.05) is 28.2 Å². The Balaban J connectivity index is 1.51. The molecule has 140 valence electrons. The summed E-state index contributed by atoms with van der Waals surface area (Å²) in [5.74, 6) is 0.624. The van der Waals surface area contributed by atoms with Crippen molar-refractivity contribution in [3.05, 3.63) is 54.4 Å². The van der Waals surface area contributed by atoms with Gasteiger partial charge in [-0.2, -0.15) is 10.2 Å². The van der Waals surface area contributed by atoms with Crippen LogP contribution in [0.1, 0.15) is 46.2 Å². The number of rotatable bonds is 3. The SMILES string of the molecule is CC1(C)CC(Cc2ccc(-c3cnc4ccccc4c3)nn2)CC(C)(C)N1. The van der Waals surface area contributed by atoms with Gasteiger partial charge in [-0.25, -0.2) is 0 Å². The molecule has 1 aromatic carbocycles. The number of hydrogen-bond donors (Lipinski definition) is 1. The van der Waals surface area contributed by atoms with Gasteiger partial charge in [0.25, 0.3) is 0 Å². The summed E-state index contributed by atoms with van der Waals surface area (Å²) in [5, 5.41) is 13.9. The van der Waals surface area contributed by atoms with Gasteiger partial charge in [0.2, 0.25) is 0 Å². The van der Waals surface area contributed by atoms with Crippen molar-refractivity contribution in [2.24, 2.45) is 5.92 Å². The fourth-order valence-corrected chi connectivity index (χ4v) is 4.81. The second kappa shape index (κ2) is 6.68. The van der Waals surface area contributed by atoms with E-state index in [4.69, 9.17) is 0 Å². The zero-order valence-electron chi connectivity index (χ0n) is 16.7. The van der Waals surface area contributed by atoms with Crippen LogP contribution in [-0.4, -0.2) is 26.3 Å². The summed E-state index contributed by atoms with van der Waals surface area (Å²) >= 11 is 0. The highest BCUT2D eigenvalue weighted by molar-refractivity contribution is 5.82. The molecule has 27 heavy (non-hydrogen) atoms. The van der Waals surface area contributed by atoms with Crippen molar-refractivity contribution in [1.82, 2.24) is 20.5 Å². The molecular formula is C23H28N4. The van der Waals surface area contributed by atoms with Crippen LogP contribution in [-0.2, 0) is 6.42 Å². The lowest BCUT2D eigenvalue weighted by Gasteiger charge is -2.46. The van der Waals surface area contributed by atoms with Crippen LogP contribution in [0.5, 0.6) is 0 Å². The van der Waals surface area contributed by atoms with E-state index in [0.717, 1.165) is 47.1 Å². The molecule has 4 rings (SSSR count). The van der Waals surface area contributed by atoms with Gasteiger partial charge < -0.3 is 5.32 Å². The molecule has 4 heteroatoms. The molecule has 4 nitrogen and oxygen atoms in total. The van der Waals surface area contributed by atoms with E-state index in [2.05, 4.69) is 72.5 Å². The van der Waals surface area contributed by atoms with Crippen LogP contribution in [0.15, 0.2) is 48.7 Å². The monoisotopic (exact) mass is 360 g/mol. The molecule has 1 fully saturated rings. The average molecular weight is 361 g/mol. The summed E-state index contributed by atoms with van der Waals surface area (Å²) in [6.07, 6.45) is 5.19. The van der Waals surface area contributed by atoms with Crippen molar-refractivity contribution in [3.63, 3.8) is 0 Å². The molecule has 3 heterocycles. The van der Waals surface area contributed by atoms with E-state index in [9.17, 15) is 0 Å². The molecule has 1 aliphatic heterocycles. The minimum atomic E-state index is 0.163. The number of para-hydroxylation sites is 1. The van der Waals surface area contributed by atoms with Crippen LogP contribution < -0.4 is 5.32 Å². The Labute approximate surface area is 161 Å². The minimum absolute atomic E-state index is 0.163. The van der Waals surface area contributed by atoms with Crippen LogP contribution in [0.2, 0.25) is 0 Å². The van der Waals surface area contributed by atoms with Gasteiger partial charge in [-0.05, 0) is 77.1 Å². The summed E-state index contributed by atoms with van der Waals surface area (Å²) in [4.78, 5) is 4.53. The van der Waals surface area contributed by atoms with Gasteiger partial charge in [0.1, 0.15) is 0 Å². The molecule has 0 radical (unpaired) electrons. The van der Waals surface area contributed by atoms with Crippen LogP contribution in [0.4, 0.5) is 0 Å².